The number of benzene rings is 8. The first-order chi connectivity index (χ1) is 47.2. The Morgan fingerprint density at radius 2 is 0.594 bits per heavy atom. The van der Waals surface area contributed by atoms with Crippen LogP contribution in [0.3, 0.4) is 0 Å². The predicted octanol–water partition coefficient (Wildman–Crippen LogP) is 17.1. The topological polar surface area (TPSA) is 153 Å². The van der Waals surface area contributed by atoms with Crippen LogP contribution in [0.1, 0.15) is 79.5 Å². The summed E-state index contributed by atoms with van der Waals surface area (Å²) >= 11 is 0. The van der Waals surface area contributed by atoms with Gasteiger partial charge in [-0.15, -0.1) is 0 Å². The summed E-state index contributed by atoms with van der Waals surface area (Å²) in [4.78, 5) is 18.7. The SMILES string of the molecule is O[C@H](COCc1ccccc1)[C@H](OCc1ccccc1)[C@H](OCc1ccccc1)c1c2nc(c(-c3ccc(F)cc3)c3ccc([nH]3)c([C@@H](OCc3ccccc3)[C@@H](OCc3ccccc3)[C@H](O)COCc3ccccc3)c3nc(c(-c4ccc(F)cc4)c4ccc1[nH]4)C=C3)C=C2. The molecule has 4 N–H and O–H groups in total. The van der Waals surface area contributed by atoms with Crippen molar-refractivity contribution in [2.24, 2.45) is 0 Å². The molecule has 8 bridgehead atoms. The Bertz CT molecular complexity index is 4270. The van der Waals surface area contributed by atoms with Crippen LogP contribution in [-0.2, 0) is 68.1 Å². The third kappa shape index (κ3) is 16.0. The number of ether oxygens (including phenoxy) is 6. The number of rotatable bonds is 28. The zero-order valence-corrected chi connectivity index (χ0v) is 52.7. The molecule has 2 aliphatic heterocycles. The van der Waals surface area contributed by atoms with Crippen molar-refractivity contribution in [2.45, 2.75) is 76.3 Å². The minimum absolute atomic E-state index is 0.106. The summed E-state index contributed by atoms with van der Waals surface area (Å²) in [5.74, 6) is -0.839. The summed E-state index contributed by atoms with van der Waals surface area (Å²) < 4.78 is 71.5. The Balaban J connectivity index is 1.06. The summed E-state index contributed by atoms with van der Waals surface area (Å²) in [6.45, 7) is 0.666. The highest BCUT2D eigenvalue weighted by Gasteiger charge is 2.38. The second-order valence-corrected chi connectivity index (χ2v) is 23.7. The van der Waals surface area contributed by atoms with Crippen molar-refractivity contribution in [3.63, 3.8) is 0 Å². The second-order valence-electron chi connectivity index (χ2n) is 23.7. The zero-order valence-electron chi connectivity index (χ0n) is 52.7. The Morgan fingerprint density at radius 1 is 0.312 bits per heavy atom. The number of aliphatic hydroxyl groups excluding tert-OH is 2. The van der Waals surface area contributed by atoms with E-state index in [1.54, 1.807) is 24.3 Å². The summed E-state index contributed by atoms with van der Waals surface area (Å²) in [6.07, 6.45) is 0.814. The standard InChI is InChI=1S/C82H72F2N4O8/c83-63-35-31-61(32-36-63)75-65-39-43-69(85-65)77(81(95-51-59-27-15-5-16-28-59)79(93-49-57-23-11-3-12-24-57)73(89)53-91-47-55-19-7-1-8-20-55)70-44-40-66(86-70)76(62-33-37-64(84)38-34-62)68-42-46-72(88-68)78(71-45-41-67(75)87-71)82(96-52-60-29-17-6-18-30-60)80(94-50-58-25-13-4-14-26-58)74(90)54-92-48-56-21-9-2-10-22-56/h1-46,73-74,79-82,85,88-90H,47-54H2/t73-,74-,79+,80+,81-,82-/m1/s1. The lowest BCUT2D eigenvalue weighted by Gasteiger charge is -2.32. The average molecular weight is 1280 g/mol. The van der Waals surface area contributed by atoms with Gasteiger partial charge in [0.1, 0.15) is 48.3 Å². The van der Waals surface area contributed by atoms with Crippen molar-refractivity contribution in [1.82, 2.24) is 19.9 Å². The third-order valence-electron chi connectivity index (χ3n) is 16.9. The number of hydrogen-bond donors (Lipinski definition) is 4. The number of aromatic nitrogens is 4. The molecule has 0 unspecified atom stereocenters. The number of halogens is 2. The minimum atomic E-state index is -1.26. The molecule has 482 valence electrons. The maximum absolute atomic E-state index is 15.2. The van der Waals surface area contributed by atoms with Gasteiger partial charge in [-0.05, 0) is 117 Å². The van der Waals surface area contributed by atoms with Crippen molar-refractivity contribution >= 4 is 46.4 Å². The molecule has 5 heterocycles. The first kappa shape index (κ1) is 64.6. The highest BCUT2D eigenvalue weighted by molar-refractivity contribution is 5.94. The van der Waals surface area contributed by atoms with E-state index in [1.165, 1.54) is 24.3 Å². The fourth-order valence-corrected chi connectivity index (χ4v) is 12.2. The van der Waals surface area contributed by atoms with Crippen LogP contribution in [0.4, 0.5) is 8.78 Å². The lowest BCUT2D eigenvalue weighted by Crippen LogP contribution is -2.39. The summed E-state index contributed by atoms with van der Waals surface area (Å²) in [7, 11) is 0. The molecule has 3 aromatic heterocycles. The number of nitrogens with zero attached hydrogens (tertiary/aromatic N) is 2. The number of fused-ring (bicyclic) bond motifs is 8. The molecule has 8 aromatic carbocycles. The number of aromatic amines is 2. The Kier molecular flexibility index (Phi) is 21.1. The van der Waals surface area contributed by atoms with Crippen LogP contribution in [0, 0.1) is 11.6 Å². The molecule has 0 saturated carbocycles. The van der Waals surface area contributed by atoms with Gasteiger partial charge in [0, 0.05) is 44.3 Å². The molecule has 0 saturated heterocycles. The number of aliphatic hydroxyl groups is 2. The van der Waals surface area contributed by atoms with Crippen LogP contribution < -0.4 is 0 Å². The molecule has 0 radical (unpaired) electrons. The molecule has 0 fully saturated rings. The predicted molar refractivity (Wildman–Crippen MR) is 372 cm³/mol. The van der Waals surface area contributed by atoms with Gasteiger partial charge in [-0.3, -0.25) is 0 Å². The first-order valence-corrected chi connectivity index (χ1v) is 32.1. The number of hydrogen-bond acceptors (Lipinski definition) is 10. The van der Waals surface area contributed by atoms with Crippen molar-refractivity contribution in [3.8, 4) is 22.3 Å². The monoisotopic (exact) mass is 1280 g/mol. The van der Waals surface area contributed by atoms with E-state index in [1.807, 2.05) is 231 Å². The molecule has 0 amide bonds. The van der Waals surface area contributed by atoms with E-state index in [2.05, 4.69) is 9.97 Å². The lowest BCUT2D eigenvalue weighted by atomic mass is 9.98. The molecule has 0 aliphatic carbocycles. The van der Waals surface area contributed by atoms with Crippen LogP contribution in [0.15, 0.2) is 255 Å². The molecule has 96 heavy (non-hydrogen) atoms. The van der Waals surface area contributed by atoms with E-state index in [0.717, 1.165) is 33.4 Å². The third-order valence-corrected chi connectivity index (χ3v) is 16.9. The molecular weight excluding hydrogens is 1210 g/mol. The van der Waals surface area contributed by atoms with E-state index in [0.29, 0.717) is 78.2 Å². The Hall–Kier alpha value is -10.1. The van der Waals surface area contributed by atoms with Crippen molar-refractivity contribution in [2.75, 3.05) is 13.2 Å². The highest BCUT2D eigenvalue weighted by atomic mass is 19.1. The van der Waals surface area contributed by atoms with E-state index in [4.69, 9.17) is 38.4 Å². The average Bonchev–Trinajstić information content (AvgIpc) is 1.65. The van der Waals surface area contributed by atoms with Gasteiger partial charge in [-0.25, -0.2) is 18.7 Å². The fraction of sp³-hybridized carbons (Fsp3) is 0.171. The molecule has 2 aliphatic rings. The van der Waals surface area contributed by atoms with Crippen LogP contribution in [-0.4, -0.2) is 67.8 Å². The highest BCUT2D eigenvalue weighted by Crippen LogP contribution is 2.41. The van der Waals surface area contributed by atoms with E-state index in [9.17, 15) is 10.2 Å². The fourth-order valence-electron chi connectivity index (χ4n) is 12.2. The maximum Gasteiger partial charge on any atom is 0.123 e. The van der Waals surface area contributed by atoms with E-state index < -0.39 is 48.3 Å². The van der Waals surface area contributed by atoms with E-state index in [-0.39, 0.29) is 52.9 Å². The van der Waals surface area contributed by atoms with Crippen molar-refractivity contribution in [3.05, 3.63) is 334 Å². The molecular formula is C82H72F2N4O8. The zero-order chi connectivity index (χ0) is 65.4. The second kappa shape index (κ2) is 31.4. The maximum atomic E-state index is 15.2. The quantitative estimate of drug-likeness (QED) is 0.0373. The molecule has 11 aromatic rings. The van der Waals surface area contributed by atoms with Crippen molar-refractivity contribution in [1.29, 1.82) is 0 Å². The van der Waals surface area contributed by atoms with Gasteiger partial charge >= 0.3 is 0 Å². The van der Waals surface area contributed by atoms with Gasteiger partial charge in [-0.1, -0.05) is 206 Å². The van der Waals surface area contributed by atoms with Crippen LogP contribution >= 0.6 is 0 Å². The largest absolute Gasteiger partial charge is 0.388 e. The lowest BCUT2D eigenvalue weighted by molar-refractivity contribution is -0.149. The normalized spacial score (nSPS) is 13.9. The Labute approximate surface area is 556 Å². The molecule has 6 atom stereocenters. The summed E-state index contributed by atoms with van der Waals surface area (Å²) in [5.41, 5.74) is 13.3. The molecule has 0 spiro atoms. The van der Waals surface area contributed by atoms with Crippen LogP contribution in [0.25, 0.3) is 68.6 Å². The van der Waals surface area contributed by atoms with Gasteiger partial charge in [-0.2, -0.15) is 0 Å². The molecule has 14 heteroatoms. The van der Waals surface area contributed by atoms with E-state index >= 15 is 8.78 Å². The minimum Gasteiger partial charge on any atom is -0.388 e. The molecule has 13 rings (SSSR count). The van der Waals surface area contributed by atoms with Gasteiger partial charge in [0.05, 0.1) is 75.6 Å². The van der Waals surface area contributed by atoms with Gasteiger partial charge < -0.3 is 48.6 Å². The van der Waals surface area contributed by atoms with Crippen molar-refractivity contribution < 1.29 is 47.4 Å². The van der Waals surface area contributed by atoms with Gasteiger partial charge in [0.25, 0.3) is 0 Å². The van der Waals surface area contributed by atoms with Crippen LogP contribution in [0.2, 0.25) is 0 Å². The van der Waals surface area contributed by atoms with Gasteiger partial charge in [0.2, 0.25) is 0 Å². The van der Waals surface area contributed by atoms with Gasteiger partial charge in [0.15, 0.2) is 0 Å². The summed E-state index contributed by atoms with van der Waals surface area (Å²) in [6, 6.07) is 79.0. The summed E-state index contributed by atoms with van der Waals surface area (Å²) in [5, 5.41) is 25.5. The molecule has 12 nitrogen and oxygen atoms in total. The number of H-pyrrole nitrogens is 2. The smallest absolute Gasteiger partial charge is 0.123 e. The van der Waals surface area contributed by atoms with Crippen LogP contribution in [0.5, 0.6) is 0 Å². The number of nitrogens with one attached hydrogen (secondary N) is 2. The first-order valence-electron chi connectivity index (χ1n) is 32.1. The Morgan fingerprint density at radius 3 is 0.917 bits per heavy atom.